The molecule has 14 atom stereocenters. The van der Waals surface area contributed by atoms with Crippen LogP contribution in [0.4, 0.5) is 0 Å². The van der Waals surface area contributed by atoms with Gasteiger partial charge in [-0.2, -0.15) is 0 Å². The minimum absolute atomic E-state index is 0.145. The number of aliphatic hydroxyl groups is 3. The third-order valence-electron chi connectivity index (χ3n) is 16.8. The normalized spacial score (nSPS) is 37.0. The fourth-order valence-corrected chi connectivity index (χ4v) is 12.9. The summed E-state index contributed by atoms with van der Waals surface area (Å²) in [6, 6.07) is 0. The van der Waals surface area contributed by atoms with Crippen LogP contribution in [-0.2, 0) is 19.0 Å². The van der Waals surface area contributed by atoms with Crippen LogP contribution in [0.15, 0.2) is 36.0 Å². The van der Waals surface area contributed by atoms with Gasteiger partial charge in [-0.05, 0) is 142 Å². The van der Waals surface area contributed by atoms with E-state index in [0.717, 1.165) is 106 Å². The number of hydrogen-bond acceptors (Lipinski definition) is 7. The second-order valence-corrected chi connectivity index (χ2v) is 20.8. The summed E-state index contributed by atoms with van der Waals surface area (Å²) in [6.07, 6.45) is 29.8. The zero-order valence-electron chi connectivity index (χ0n) is 38.6. The zero-order chi connectivity index (χ0) is 42.6. The highest BCUT2D eigenvalue weighted by molar-refractivity contribution is 5.69. The standard InChI is InChI=1S/C52H88O7/c1-8-10-11-12-13-14-15-16-17-18-19-20-21-22-23-46(53)57-35-45-47(54)48(55)49(56)50(59-45)58-40-30-32-51(6)39(34-40)26-27-41-43-29-28-42(52(43,7)33-31-44(41)51)37(5)24-25-38(9-2)36(3)4/h12-13,15-16,26,36-38,40-45,47-50,54-56H,8-11,14,17-25,27-35H2,1-7H3/b13-12-,16-15-. The largest absolute Gasteiger partial charge is 0.463 e. The minimum atomic E-state index is -1.45. The van der Waals surface area contributed by atoms with Gasteiger partial charge in [0.2, 0.25) is 0 Å². The maximum atomic E-state index is 12.6. The van der Waals surface area contributed by atoms with Crippen LogP contribution in [0.1, 0.15) is 190 Å². The van der Waals surface area contributed by atoms with Gasteiger partial charge in [-0.1, -0.05) is 129 Å². The number of aliphatic hydroxyl groups excluding tert-OH is 3. The summed E-state index contributed by atoms with van der Waals surface area (Å²) in [4.78, 5) is 12.6. The van der Waals surface area contributed by atoms with E-state index < -0.39 is 30.7 Å². The van der Waals surface area contributed by atoms with E-state index in [1.807, 2.05) is 0 Å². The number of esters is 1. The van der Waals surface area contributed by atoms with Crippen LogP contribution in [0.5, 0.6) is 0 Å². The molecule has 0 bridgehead atoms. The Morgan fingerprint density at radius 3 is 2.31 bits per heavy atom. The first-order chi connectivity index (χ1) is 28.3. The van der Waals surface area contributed by atoms with E-state index in [1.54, 1.807) is 0 Å². The molecule has 3 saturated carbocycles. The molecule has 5 rings (SSSR count). The first-order valence-electron chi connectivity index (χ1n) is 24.8. The lowest BCUT2D eigenvalue weighted by molar-refractivity contribution is -0.313. The van der Waals surface area contributed by atoms with Gasteiger partial charge in [0.15, 0.2) is 6.29 Å². The van der Waals surface area contributed by atoms with Crippen molar-refractivity contribution < 1.29 is 34.3 Å². The van der Waals surface area contributed by atoms with Crippen molar-refractivity contribution in [3.8, 4) is 0 Å². The Labute approximate surface area is 360 Å². The van der Waals surface area contributed by atoms with Gasteiger partial charge in [-0.25, -0.2) is 0 Å². The molecule has 1 saturated heterocycles. The molecule has 7 heteroatoms. The van der Waals surface area contributed by atoms with Gasteiger partial charge in [-0.3, -0.25) is 4.79 Å². The molecule has 7 nitrogen and oxygen atoms in total. The summed E-state index contributed by atoms with van der Waals surface area (Å²) in [5.74, 6) is 5.20. The van der Waals surface area contributed by atoms with Gasteiger partial charge in [0.1, 0.15) is 31.0 Å². The molecule has 0 spiro atoms. The number of carbonyl (C=O) groups excluding carboxylic acids is 1. The average molecular weight is 825 g/mol. The average Bonchev–Trinajstić information content (AvgIpc) is 3.58. The summed E-state index contributed by atoms with van der Waals surface area (Å²) in [5.41, 5.74) is 2.12. The van der Waals surface area contributed by atoms with E-state index in [2.05, 4.69) is 78.8 Å². The van der Waals surface area contributed by atoms with Gasteiger partial charge < -0.3 is 29.5 Å². The molecule has 1 heterocycles. The molecule has 4 fully saturated rings. The molecule has 0 amide bonds. The third kappa shape index (κ3) is 12.4. The summed E-state index contributed by atoms with van der Waals surface area (Å²) in [5, 5.41) is 32.5. The third-order valence-corrected chi connectivity index (χ3v) is 16.8. The monoisotopic (exact) mass is 825 g/mol. The topological polar surface area (TPSA) is 105 Å². The van der Waals surface area contributed by atoms with Crippen molar-refractivity contribution in [3.05, 3.63) is 36.0 Å². The van der Waals surface area contributed by atoms with Crippen LogP contribution in [0.2, 0.25) is 0 Å². The van der Waals surface area contributed by atoms with Crippen LogP contribution in [0.3, 0.4) is 0 Å². The Bertz CT molecular complexity index is 1360. The quantitative estimate of drug-likeness (QED) is 0.0535. The first-order valence-corrected chi connectivity index (χ1v) is 24.8. The van der Waals surface area contributed by atoms with E-state index >= 15 is 0 Å². The Morgan fingerprint density at radius 2 is 1.58 bits per heavy atom. The summed E-state index contributed by atoms with van der Waals surface area (Å²) in [6.45, 7) is 17.0. The zero-order valence-corrected chi connectivity index (χ0v) is 38.6. The van der Waals surface area contributed by atoms with E-state index in [9.17, 15) is 20.1 Å². The highest BCUT2D eigenvalue weighted by Gasteiger charge is 2.59. The Morgan fingerprint density at radius 1 is 0.847 bits per heavy atom. The van der Waals surface area contributed by atoms with Gasteiger partial charge in [0, 0.05) is 6.42 Å². The molecule has 1 aliphatic heterocycles. The van der Waals surface area contributed by atoms with E-state index in [4.69, 9.17) is 14.2 Å². The lowest BCUT2D eigenvalue weighted by atomic mass is 9.47. The Kier molecular flexibility index (Phi) is 19.1. The molecule has 0 radical (unpaired) electrons. The van der Waals surface area contributed by atoms with Crippen molar-refractivity contribution in [2.45, 2.75) is 227 Å². The Balaban J connectivity index is 1.04. The van der Waals surface area contributed by atoms with E-state index in [-0.39, 0.29) is 24.1 Å². The predicted molar refractivity (Wildman–Crippen MR) is 239 cm³/mol. The fraction of sp³-hybridized carbons (Fsp3) is 0.865. The highest BCUT2D eigenvalue weighted by atomic mass is 16.7. The van der Waals surface area contributed by atoms with Crippen molar-refractivity contribution in [1.29, 1.82) is 0 Å². The summed E-state index contributed by atoms with van der Waals surface area (Å²) >= 11 is 0. The van der Waals surface area contributed by atoms with Crippen molar-refractivity contribution >= 4 is 5.97 Å². The van der Waals surface area contributed by atoms with Crippen LogP contribution >= 0.6 is 0 Å². The van der Waals surface area contributed by atoms with Gasteiger partial charge in [-0.15, -0.1) is 0 Å². The van der Waals surface area contributed by atoms with Crippen LogP contribution in [0.25, 0.3) is 0 Å². The second-order valence-electron chi connectivity index (χ2n) is 20.8. The summed E-state index contributed by atoms with van der Waals surface area (Å²) in [7, 11) is 0. The van der Waals surface area contributed by atoms with Gasteiger partial charge >= 0.3 is 5.97 Å². The number of rotatable bonds is 23. The molecule has 3 N–H and O–H groups in total. The number of unbranched alkanes of at least 4 members (excludes halogenated alkanes) is 7. The lowest BCUT2D eigenvalue weighted by Gasteiger charge is -2.58. The van der Waals surface area contributed by atoms with Crippen molar-refractivity contribution in [3.63, 3.8) is 0 Å². The maximum absolute atomic E-state index is 12.6. The number of allylic oxidation sites excluding steroid dienone is 5. The van der Waals surface area contributed by atoms with E-state index in [1.165, 1.54) is 69.8 Å². The van der Waals surface area contributed by atoms with Crippen LogP contribution in [-0.4, -0.2) is 64.7 Å². The molecule has 4 aliphatic carbocycles. The second kappa shape index (κ2) is 23.3. The van der Waals surface area contributed by atoms with E-state index in [0.29, 0.717) is 17.8 Å². The molecule has 14 unspecified atom stereocenters. The van der Waals surface area contributed by atoms with Crippen molar-refractivity contribution in [1.82, 2.24) is 0 Å². The molecule has 0 aromatic carbocycles. The van der Waals surface area contributed by atoms with Crippen molar-refractivity contribution in [2.75, 3.05) is 6.61 Å². The van der Waals surface area contributed by atoms with Crippen LogP contribution < -0.4 is 0 Å². The molecular weight excluding hydrogens is 737 g/mol. The van der Waals surface area contributed by atoms with Gasteiger partial charge in [0.05, 0.1) is 6.10 Å². The number of fused-ring (bicyclic) bond motifs is 5. The lowest BCUT2D eigenvalue weighted by Crippen LogP contribution is -2.60. The molecule has 0 aromatic rings. The van der Waals surface area contributed by atoms with Crippen molar-refractivity contribution in [2.24, 2.45) is 52.3 Å². The molecule has 0 aromatic heterocycles. The summed E-state index contributed by atoms with van der Waals surface area (Å²) < 4.78 is 18.0. The highest BCUT2D eigenvalue weighted by Crippen LogP contribution is 2.67. The molecule has 59 heavy (non-hydrogen) atoms. The SMILES string of the molecule is CCCC/C=C\C/C=C\CCCCCCCC(=O)OCC1OC(OC2CCC3(C)C(=CCC4C3CCC3(C)C(C(C)CCC(CC)C(C)C)CCC43)C2)C(O)C(O)C1O. The Hall–Kier alpha value is -1.51. The number of hydrogen-bond donors (Lipinski definition) is 3. The maximum Gasteiger partial charge on any atom is 0.305 e. The van der Waals surface area contributed by atoms with Crippen LogP contribution in [0, 0.1) is 52.3 Å². The minimum Gasteiger partial charge on any atom is -0.463 e. The fourth-order valence-electron chi connectivity index (χ4n) is 12.9. The first kappa shape index (κ1) is 48.5. The number of ether oxygens (including phenoxy) is 3. The number of carbonyl (C=O) groups is 1. The predicted octanol–water partition coefficient (Wildman–Crippen LogP) is 11.8. The molecule has 5 aliphatic rings. The molecular formula is C52H88O7. The molecule has 338 valence electrons. The smallest absolute Gasteiger partial charge is 0.305 e. The van der Waals surface area contributed by atoms with Gasteiger partial charge in [0.25, 0.3) is 0 Å².